The minimum Gasteiger partial charge on any atom is -0.485 e. The summed E-state index contributed by atoms with van der Waals surface area (Å²) in [6.45, 7) is 4.22. The molecule has 0 fully saturated rings. The zero-order chi connectivity index (χ0) is 19.1. The van der Waals surface area contributed by atoms with Gasteiger partial charge in [0.15, 0.2) is 11.5 Å². The Morgan fingerprint density at radius 2 is 1.33 bits per heavy atom. The van der Waals surface area contributed by atoms with Gasteiger partial charge in [0.25, 0.3) is 5.70 Å². The van der Waals surface area contributed by atoms with Crippen molar-refractivity contribution in [2.45, 2.75) is 13.2 Å². The fourth-order valence-corrected chi connectivity index (χ4v) is 2.50. The lowest BCUT2D eigenvalue weighted by Crippen LogP contribution is -2.02. The van der Waals surface area contributed by atoms with E-state index in [2.05, 4.69) is 6.58 Å². The minimum absolute atomic E-state index is 0.186. The van der Waals surface area contributed by atoms with E-state index < -0.39 is 4.92 Å². The van der Waals surface area contributed by atoms with Crippen LogP contribution in [0.15, 0.2) is 85.4 Å². The summed E-state index contributed by atoms with van der Waals surface area (Å²) in [6, 6.07) is 24.3. The third-order valence-electron chi connectivity index (χ3n) is 3.97. The van der Waals surface area contributed by atoms with Gasteiger partial charge in [0.1, 0.15) is 13.2 Å². The van der Waals surface area contributed by atoms with Gasteiger partial charge in [-0.2, -0.15) is 0 Å². The molecular weight excluding hydrogens is 342 g/mol. The van der Waals surface area contributed by atoms with E-state index in [9.17, 15) is 10.1 Å². The molecule has 3 aromatic carbocycles. The number of nitro groups is 1. The highest BCUT2D eigenvalue weighted by Crippen LogP contribution is 2.32. The van der Waals surface area contributed by atoms with Crippen LogP contribution in [0, 0.1) is 10.1 Å². The molecule has 0 aliphatic carbocycles. The molecule has 3 aromatic rings. The highest BCUT2D eigenvalue weighted by molar-refractivity contribution is 5.60. The topological polar surface area (TPSA) is 61.6 Å². The Hall–Kier alpha value is -3.60. The summed E-state index contributed by atoms with van der Waals surface area (Å²) >= 11 is 0. The van der Waals surface area contributed by atoms with Crippen LogP contribution < -0.4 is 9.47 Å². The summed E-state index contributed by atoms with van der Waals surface area (Å²) in [6.07, 6.45) is 0. The first kappa shape index (κ1) is 18.2. The molecule has 0 N–H and O–H groups in total. The van der Waals surface area contributed by atoms with Crippen LogP contribution in [0.2, 0.25) is 0 Å². The summed E-state index contributed by atoms with van der Waals surface area (Å²) in [5.74, 6) is 0.963. The van der Waals surface area contributed by atoms with Gasteiger partial charge in [-0.3, -0.25) is 10.1 Å². The summed E-state index contributed by atoms with van der Waals surface area (Å²) < 4.78 is 11.8. The average molecular weight is 361 g/mol. The zero-order valence-electron chi connectivity index (χ0n) is 14.7. The molecule has 0 spiro atoms. The molecule has 0 radical (unpaired) electrons. The molecule has 0 bridgehead atoms. The van der Waals surface area contributed by atoms with E-state index in [0.29, 0.717) is 30.3 Å². The van der Waals surface area contributed by atoms with E-state index in [1.54, 1.807) is 18.2 Å². The summed E-state index contributed by atoms with van der Waals surface area (Å²) in [5.41, 5.74) is 2.21. The predicted octanol–water partition coefficient (Wildman–Crippen LogP) is 5.09. The van der Waals surface area contributed by atoms with Crippen LogP contribution in [-0.4, -0.2) is 4.92 Å². The van der Waals surface area contributed by atoms with Crippen LogP contribution in [-0.2, 0) is 13.2 Å². The largest absolute Gasteiger partial charge is 0.485 e. The maximum Gasteiger partial charge on any atom is 0.269 e. The Balaban J connectivity index is 1.81. The van der Waals surface area contributed by atoms with Crippen LogP contribution in [0.3, 0.4) is 0 Å². The van der Waals surface area contributed by atoms with Crippen molar-refractivity contribution in [2.75, 3.05) is 0 Å². The first-order valence-corrected chi connectivity index (χ1v) is 8.44. The Kier molecular flexibility index (Phi) is 5.84. The molecule has 5 nitrogen and oxygen atoms in total. The van der Waals surface area contributed by atoms with Gasteiger partial charge in [0.2, 0.25) is 0 Å². The van der Waals surface area contributed by atoms with Gasteiger partial charge < -0.3 is 9.47 Å². The quantitative estimate of drug-likeness (QED) is 0.414. The Morgan fingerprint density at radius 1 is 0.815 bits per heavy atom. The maximum absolute atomic E-state index is 11.0. The fraction of sp³-hybridized carbons (Fsp3) is 0.0909. The third-order valence-corrected chi connectivity index (χ3v) is 3.97. The SMILES string of the molecule is C=C(c1ccc(OCc2ccccc2)c(OCc2ccccc2)c1)[N+](=O)[O-]. The molecule has 0 aliphatic rings. The molecule has 0 saturated carbocycles. The predicted molar refractivity (Wildman–Crippen MR) is 104 cm³/mol. The molecule has 0 amide bonds. The Bertz CT molecular complexity index is 924. The first-order chi connectivity index (χ1) is 13.1. The zero-order valence-corrected chi connectivity index (χ0v) is 14.7. The van der Waals surface area contributed by atoms with Crippen molar-refractivity contribution in [2.24, 2.45) is 0 Å². The van der Waals surface area contributed by atoms with E-state index in [4.69, 9.17) is 9.47 Å². The molecular formula is C22H19NO4. The summed E-state index contributed by atoms with van der Waals surface area (Å²) in [7, 11) is 0. The maximum atomic E-state index is 11.0. The van der Waals surface area contributed by atoms with Crippen molar-refractivity contribution in [1.29, 1.82) is 0 Å². The highest BCUT2D eigenvalue weighted by atomic mass is 16.6. The van der Waals surface area contributed by atoms with Crippen molar-refractivity contribution in [3.8, 4) is 11.5 Å². The van der Waals surface area contributed by atoms with Crippen molar-refractivity contribution in [3.63, 3.8) is 0 Å². The molecule has 3 rings (SSSR count). The second-order valence-electron chi connectivity index (χ2n) is 5.91. The monoisotopic (exact) mass is 361 g/mol. The van der Waals surface area contributed by atoms with Crippen molar-refractivity contribution < 1.29 is 14.4 Å². The number of nitrogens with zero attached hydrogens (tertiary/aromatic N) is 1. The summed E-state index contributed by atoms with van der Waals surface area (Å²) in [5, 5.41) is 11.0. The van der Waals surface area contributed by atoms with E-state index >= 15 is 0 Å². The minimum atomic E-state index is -0.513. The lowest BCUT2D eigenvalue weighted by atomic mass is 10.1. The lowest BCUT2D eigenvalue weighted by molar-refractivity contribution is -0.375. The Labute approximate surface area is 157 Å². The molecule has 0 saturated heterocycles. The molecule has 136 valence electrons. The standard InChI is InChI=1S/C22H19NO4/c1-17(23(24)25)20-12-13-21(26-15-18-8-4-2-5-9-18)22(14-20)27-16-19-10-6-3-7-11-19/h2-14H,1,15-16H2. The van der Waals surface area contributed by atoms with E-state index in [1.807, 2.05) is 60.7 Å². The number of rotatable bonds is 8. The van der Waals surface area contributed by atoms with Gasteiger partial charge in [0, 0.05) is 0 Å². The highest BCUT2D eigenvalue weighted by Gasteiger charge is 2.15. The van der Waals surface area contributed by atoms with Gasteiger partial charge in [0.05, 0.1) is 10.5 Å². The molecule has 0 unspecified atom stereocenters. The van der Waals surface area contributed by atoms with Crippen LogP contribution in [0.1, 0.15) is 16.7 Å². The number of benzene rings is 3. The van der Waals surface area contributed by atoms with Gasteiger partial charge in [-0.05, 0) is 35.9 Å². The van der Waals surface area contributed by atoms with Crippen LogP contribution >= 0.6 is 0 Å². The van der Waals surface area contributed by atoms with Crippen LogP contribution in [0.4, 0.5) is 0 Å². The van der Waals surface area contributed by atoms with E-state index in [0.717, 1.165) is 11.1 Å². The molecule has 5 heteroatoms. The second kappa shape index (κ2) is 8.67. The average Bonchev–Trinajstić information content (AvgIpc) is 2.72. The summed E-state index contributed by atoms with van der Waals surface area (Å²) in [4.78, 5) is 10.5. The van der Waals surface area contributed by atoms with Gasteiger partial charge in [-0.15, -0.1) is 0 Å². The number of ether oxygens (including phenoxy) is 2. The van der Waals surface area contributed by atoms with Gasteiger partial charge in [-0.1, -0.05) is 60.7 Å². The first-order valence-electron chi connectivity index (χ1n) is 8.44. The van der Waals surface area contributed by atoms with Crippen LogP contribution in [0.25, 0.3) is 5.70 Å². The molecule has 0 aromatic heterocycles. The third kappa shape index (κ3) is 4.95. The van der Waals surface area contributed by atoms with Crippen molar-refractivity contribution in [3.05, 3.63) is 112 Å². The van der Waals surface area contributed by atoms with Gasteiger partial charge >= 0.3 is 0 Å². The fourth-order valence-electron chi connectivity index (χ4n) is 2.50. The van der Waals surface area contributed by atoms with Gasteiger partial charge in [-0.25, -0.2) is 0 Å². The number of hydrogen-bond acceptors (Lipinski definition) is 4. The molecule has 27 heavy (non-hydrogen) atoms. The second-order valence-corrected chi connectivity index (χ2v) is 5.91. The molecule has 0 atom stereocenters. The lowest BCUT2D eigenvalue weighted by Gasteiger charge is -2.14. The Morgan fingerprint density at radius 3 is 1.85 bits per heavy atom. The van der Waals surface area contributed by atoms with E-state index in [1.165, 1.54) is 0 Å². The van der Waals surface area contributed by atoms with Crippen LogP contribution in [0.5, 0.6) is 11.5 Å². The van der Waals surface area contributed by atoms with Crippen molar-refractivity contribution >= 4 is 5.70 Å². The number of hydrogen-bond donors (Lipinski definition) is 0. The molecule has 0 aliphatic heterocycles. The normalized spacial score (nSPS) is 10.2. The smallest absolute Gasteiger partial charge is 0.269 e. The van der Waals surface area contributed by atoms with Crippen molar-refractivity contribution in [1.82, 2.24) is 0 Å². The molecule has 0 heterocycles. The van der Waals surface area contributed by atoms with E-state index in [-0.39, 0.29) is 5.70 Å².